The van der Waals surface area contributed by atoms with Crippen LogP contribution in [0.2, 0.25) is 0 Å². The van der Waals surface area contributed by atoms with Crippen LogP contribution in [-0.2, 0) is 16.0 Å². The molecule has 5 nitrogen and oxygen atoms in total. The minimum absolute atomic E-state index is 0. The third-order valence-corrected chi connectivity index (χ3v) is 4.72. The van der Waals surface area contributed by atoms with Gasteiger partial charge < -0.3 is 16.0 Å². The van der Waals surface area contributed by atoms with Crippen LogP contribution in [0.15, 0.2) is 30.3 Å². The van der Waals surface area contributed by atoms with Crippen molar-refractivity contribution >= 4 is 24.2 Å². The Morgan fingerprint density at radius 2 is 1.71 bits per heavy atom. The first-order valence-corrected chi connectivity index (χ1v) is 8.55. The van der Waals surface area contributed by atoms with Crippen LogP contribution in [0.3, 0.4) is 0 Å². The Bertz CT molecular complexity index is 540. The van der Waals surface area contributed by atoms with E-state index in [0.29, 0.717) is 37.5 Å². The molecule has 2 heterocycles. The largest absolute Gasteiger partial charge is 0.355 e. The maximum Gasteiger partial charge on any atom is 0.224 e. The van der Waals surface area contributed by atoms with Crippen molar-refractivity contribution in [1.82, 2.24) is 16.0 Å². The molecule has 3 N–H and O–H groups in total. The number of nitrogens with one attached hydrogen (secondary N) is 3. The molecule has 2 aliphatic heterocycles. The average molecular weight is 352 g/mol. The monoisotopic (exact) mass is 351 g/mol. The van der Waals surface area contributed by atoms with Gasteiger partial charge in [0.05, 0.1) is 6.42 Å². The second-order valence-electron chi connectivity index (χ2n) is 6.64. The predicted octanol–water partition coefficient (Wildman–Crippen LogP) is 1.56. The molecule has 0 saturated carbocycles. The van der Waals surface area contributed by atoms with Gasteiger partial charge >= 0.3 is 0 Å². The van der Waals surface area contributed by atoms with E-state index in [9.17, 15) is 9.59 Å². The van der Waals surface area contributed by atoms with Gasteiger partial charge in [-0.05, 0) is 31.2 Å². The molecule has 2 unspecified atom stereocenters. The zero-order valence-corrected chi connectivity index (χ0v) is 14.6. The number of benzene rings is 1. The van der Waals surface area contributed by atoms with Crippen LogP contribution < -0.4 is 16.0 Å². The molecule has 6 heteroatoms. The second kappa shape index (κ2) is 9.04. The molecular weight excluding hydrogens is 326 g/mol. The normalized spacial score (nSPS) is 24.8. The summed E-state index contributed by atoms with van der Waals surface area (Å²) >= 11 is 0. The van der Waals surface area contributed by atoms with Crippen molar-refractivity contribution in [3.05, 3.63) is 35.9 Å². The van der Waals surface area contributed by atoms with E-state index in [1.54, 1.807) is 0 Å². The molecule has 2 fully saturated rings. The Hall–Kier alpha value is -1.59. The number of hydrogen-bond acceptors (Lipinski definition) is 3. The van der Waals surface area contributed by atoms with Gasteiger partial charge in [-0.3, -0.25) is 9.59 Å². The highest BCUT2D eigenvalue weighted by Gasteiger charge is 2.33. The van der Waals surface area contributed by atoms with E-state index in [2.05, 4.69) is 16.0 Å². The van der Waals surface area contributed by atoms with E-state index in [0.717, 1.165) is 18.4 Å². The lowest BCUT2D eigenvalue weighted by Crippen LogP contribution is -2.48. The van der Waals surface area contributed by atoms with Crippen LogP contribution in [0.4, 0.5) is 0 Å². The lowest BCUT2D eigenvalue weighted by atomic mass is 10.00. The Balaban J connectivity index is 0.00000208. The molecule has 1 aromatic carbocycles. The number of fused-ring (bicyclic) bond motifs is 2. The van der Waals surface area contributed by atoms with Crippen molar-refractivity contribution < 1.29 is 9.59 Å². The van der Waals surface area contributed by atoms with Gasteiger partial charge in [0.1, 0.15) is 0 Å². The third kappa shape index (κ3) is 5.49. The number of halogens is 1. The van der Waals surface area contributed by atoms with Crippen molar-refractivity contribution in [3.63, 3.8) is 0 Å². The van der Waals surface area contributed by atoms with Crippen molar-refractivity contribution in [2.75, 3.05) is 6.54 Å². The van der Waals surface area contributed by atoms with Gasteiger partial charge in [-0.25, -0.2) is 0 Å². The minimum Gasteiger partial charge on any atom is -0.355 e. The van der Waals surface area contributed by atoms with E-state index in [1.807, 2.05) is 30.3 Å². The molecular formula is C18H26ClN3O2. The number of rotatable bonds is 6. The molecule has 1 aromatic rings. The van der Waals surface area contributed by atoms with Gasteiger partial charge in [-0.2, -0.15) is 0 Å². The summed E-state index contributed by atoms with van der Waals surface area (Å²) in [5, 5.41) is 9.50. The fourth-order valence-electron chi connectivity index (χ4n) is 3.63. The molecule has 2 bridgehead atoms. The van der Waals surface area contributed by atoms with Gasteiger partial charge in [0.2, 0.25) is 11.8 Å². The van der Waals surface area contributed by atoms with Crippen molar-refractivity contribution in [1.29, 1.82) is 0 Å². The fraction of sp³-hybridized carbons (Fsp3) is 0.556. The SMILES string of the molecule is Cl.O=C(Cc1ccccc1)NCCC(=O)NC1CC2CCC(C1)N2. The van der Waals surface area contributed by atoms with E-state index in [-0.39, 0.29) is 24.2 Å². The molecule has 0 spiro atoms. The van der Waals surface area contributed by atoms with E-state index in [4.69, 9.17) is 0 Å². The lowest BCUT2D eigenvalue weighted by molar-refractivity contribution is -0.122. The van der Waals surface area contributed by atoms with Crippen LogP contribution in [0.1, 0.15) is 37.7 Å². The van der Waals surface area contributed by atoms with E-state index < -0.39 is 0 Å². The van der Waals surface area contributed by atoms with Crippen molar-refractivity contribution in [2.24, 2.45) is 0 Å². The summed E-state index contributed by atoms with van der Waals surface area (Å²) in [4.78, 5) is 23.8. The first-order valence-electron chi connectivity index (χ1n) is 8.55. The number of hydrogen-bond donors (Lipinski definition) is 3. The molecule has 2 saturated heterocycles. The summed E-state index contributed by atoms with van der Waals surface area (Å²) in [5.41, 5.74) is 0.986. The number of carbonyl (C=O) groups excluding carboxylic acids is 2. The smallest absolute Gasteiger partial charge is 0.224 e. The first-order chi connectivity index (χ1) is 11.2. The molecule has 0 radical (unpaired) electrons. The maximum absolute atomic E-state index is 12.0. The van der Waals surface area contributed by atoms with Gasteiger partial charge in [-0.15, -0.1) is 12.4 Å². The van der Waals surface area contributed by atoms with Gasteiger partial charge in [0.15, 0.2) is 0 Å². The van der Waals surface area contributed by atoms with Crippen molar-refractivity contribution in [2.45, 2.75) is 56.7 Å². The Kier molecular flexibility index (Phi) is 7.06. The first kappa shape index (κ1) is 18.7. The molecule has 2 aliphatic rings. The van der Waals surface area contributed by atoms with Crippen LogP contribution in [0, 0.1) is 0 Å². The lowest BCUT2D eigenvalue weighted by Gasteiger charge is -2.29. The third-order valence-electron chi connectivity index (χ3n) is 4.72. The summed E-state index contributed by atoms with van der Waals surface area (Å²) in [6.07, 6.45) is 5.23. The van der Waals surface area contributed by atoms with Crippen LogP contribution >= 0.6 is 12.4 Å². The molecule has 0 aliphatic carbocycles. The van der Waals surface area contributed by atoms with E-state index in [1.165, 1.54) is 12.8 Å². The van der Waals surface area contributed by atoms with Crippen LogP contribution in [0.5, 0.6) is 0 Å². The molecule has 3 rings (SSSR count). The molecule has 132 valence electrons. The number of amides is 2. The summed E-state index contributed by atoms with van der Waals surface area (Å²) in [5.74, 6) is 0.000205. The highest BCUT2D eigenvalue weighted by Crippen LogP contribution is 2.26. The van der Waals surface area contributed by atoms with E-state index >= 15 is 0 Å². The second-order valence-corrected chi connectivity index (χ2v) is 6.64. The summed E-state index contributed by atoms with van der Waals surface area (Å²) in [7, 11) is 0. The number of piperidine rings is 1. The van der Waals surface area contributed by atoms with Gasteiger partial charge in [0.25, 0.3) is 0 Å². The Morgan fingerprint density at radius 3 is 2.38 bits per heavy atom. The highest BCUT2D eigenvalue weighted by molar-refractivity contribution is 5.85. The standard InChI is InChI=1S/C18H25N3O2.ClH/c22-17(21-16-11-14-6-7-15(12-16)20-14)8-9-19-18(23)10-13-4-2-1-3-5-13;/h1-5,14-16,20H,6-12H2,(H,19,23)(H,21,22);1H. The van der Waals surface area contributed by atoms with Gasteiger partial charge in [-0.1, -0.05) is 30.3 Å². The van der Waals surface area contributed by atoms with Crippen LogP contribution in [-0.4, -0.2) is 36.5 Å². The molecule has 2 atom stereocenters. The van der Waals surface area contributed by atoms with Crippen molar-refractivity contribution in [3.8, 4) is 0 Å². The number of carbonyl (C=O) groups is 2. The summed E-state index contributed by atoms with van der Waals surface area (Å²) in [6.45, 7) is 0.398. The molecule has 2 amide bonds. The molecule has 24 heavy (non-hydrogen) atoms. The Morgan fingerprint density at radius 1 is 1.04 bits per heavy atom. The topological polar surface area (TPSA) is 70.2 Å². The average Bonchev–Trinajstić information content (AvgIpc) is 2.87. The maximum atomic E-state index is 12.0. The Labute approximate surface area is 149 Å². The zero-order valence-electron chi connectivity index (χ0n) is 13.8. The summed E-state index contributed by atoms with van der Waals surface area (Å²) in [6, 6.07) is 11.1. The van der Waals surface area contributed by atoms with Crippen LogP contribution in [0.25, 0.3) is 0 Å². The minimum atomic E-state index is -0.0380. The molecule has 0 aromatic heterocycles. The highest BCUT2D eigenvalue weighted by atomic mass is 35.5. The summed E-state index contributed by atoms with van der Waals surface area (Å²) < 4.78 is 0. The fourth-order valence-corrected chi connectivity index (χ4v) is 3.63. The quantitative estimate of drug-likeness (QED) is 0.728. The zero-order chi connectivity index (χ0) is 16.1. The van der Waals surface area contributed by atoms with Gasteiger partial charge in [0, 0.05) is 31.1 Å². The predicted molar refractivity (Wildman–Crippen MR) is 96.1 cm³/mol.